The molecule has 2 aliphatic rings. The highest BCUT2D eigenvalue weighted by molar-refractivity contribution is 7.10. The molecular formula is C23H31NO2S. The molecular weight excluding hydrogens is 354 g/mol. The minimum atomic E-state index is -2.20. The van der Waals surface area contributed by atoms with Gasteiger partial charge in [0.1, 0.15) is 5.75 Å². The molecule has 0 amide bonds. The van der Waals surface area contributed by atoms with Crippen LogP contribution in [0.1, 0.15) is 79.2 Å². The molecule has 4 heteroatoms. The van der Waals surface area contributed by atoms with Crippen LogP contribution in [0, 0.1) is 0 Å². The molecule has 1 aliphatic carbocycles. The summed E-state index contributed by atoms with van der Waals surface area (Å²) in [5, 5.41) is 1.90. The number of thiophene rings is 1. The zero-order valence-electron chi connectivity index (χ0n) is 23.6. The fourth-order valence-electron chi connectivity index (χ4n) is 4.05. The van der Waals surface area contributed by atoms with Gasteiger partial charge in [-0.2, -0.15) is 0 Å². The maximum atomic E-state index is 8.90. The molecule has 1 saturated carbocycles. The van der Waals surface area contributed by atoms with Crippen LogP contribution in [0.3, 0.4) is 0 Å². The molecule has 3 nitrogen and oxygen atoms in total. The number of methoxy groups -OCH3 is 1. The Labute approximate surface area is 178 Å². The highest BCUT2D eigenvalue weighted by Crippen LogP contribution is 2.50. The summed E-state index contributed by atoms with van der Waals surface area (Å²) in [4.78, 5) is 5.44. The number of nitrogens with zero attached hydrogens (tertiary/aromatic N) is 1. The fourth-order valence-corrected chi connectivity index (χ4v) is 4.89. The summed E-state index contributed by atoms with van der Waals surface area (Å²) in [6.07, 6.45) is -4.51. The summed E-state index contributed by atoms with van der Waals surface area (Å²) in [5.74, 6) is 0.724. The Kier molecular flexibility index (Phi) is 3.57. The van der Waals surface area contributed by atoms with E-state index in [4.69, 9.17) is 20.4 Å². The van der Waals surface area contributed by atoms with Gasteiger partial charge in [-0.1, -0.05) is 25.2 Å². The lowest BCUT2D eigenvalue weighted by Gasteiger charge is -2.46. The van der Waals surface area contributed by atoms with Gasteiger partial charge in [0, 0.05) is 37.0 Å². The molecule has 0 bridgehead atoms. The number of hydrogen-bond donors (Lipinski definition) is 0. The van der Waals surface area contributed by atoms with Crippen LogP contribution in [-0.4, -0.2) is 24.3 Å². The summed E-state index contributed by atoms with van der Waals surface area (Å²) in [7, 11) is 1.58. The van der Waals surface area contributed by atoms with Crippen molar-refractivity contribution in [2.45, 2.75) is 75.1 Å². The Balaban J connectivity index is 1.70. The molecule has 0 N–H and O–H groups in total. The zero-order valence-corrected chi connectivity index (χ0v) is 16.4. The maximum Gasteiger partial charge on any atom is 0.132 e. The zero-order chi connectivity index (χ0) is 25.8. The van der Waals surface area contributed by atoms with Crippen molar-refractivity contribution in [2.24, 2.45) is 0 Å². The second-order valence-corrected chi connectivity index (χ2v) is 8.32. The number of hydrogen-bond acceptors (Lipinski definition) is 4. The van der Waals surface area contributed by atoms with Gasteiger partial charge in [0.15, 0.2) is 0 Å². The molecule has 2 aromatic heterocycles. The number of aryl methyl sites for hydroxylation is 1. The number of aromatic nitrogens is 1. The van der Waals surface area contributed by atoms with Gasteiger partial charge in [-0.15, -0.1) is 11.3 Å². The number of ether oxygens (including phenoxy) is 2. The van der Waals surface area contributed by atoms with Crippen molar-refractivity contribution >= 4 is 11.3 Å². The van der Waals surface area contributed by atoms with Crippen molar-refractivity contribution in [3.8, 4) is 5.75 Å². The second kappa shape index (κ2) is 8.32. The van der Waals surface area contributed by atoms with Crippen LogP contribution in [0.25, 0.3) is 0 Å². The van der Waals surface area contributed by atoms with Gasteiger partial charge < -0.3 is 9.47 Å². The van der Waals surface area contributed by atoms with Crippen LogP contribution >= 0.6 is 11.3 Å². The van der Waals surface area contributed by atoms with Crippen molar-refractivity contribution in [1.29, 1.82) is 0 Å². The van der Waals surface area contributed by atoms with E-state index in [2.05, 4.69) is 4.98 Å². The largest absolute Gasteiger partial charge is 0.496 e. The third kappa shape index (κ3) is 4.07. The molecule has 27 heavy (non-hydrogen) atoms. The van der Waals surface area contributed by atoms with Gasteiger partial charge >= 0.3 is 0 Å². The molecule has 4 rings (SSSR count). The van der Waals surface area contributed by atoms with Crippen molar-refractivity contribution in [3.05, 3.63) is 46.4 Å². The second-order valence-electron chi connectivity index (χ2n) is 7.32. The minimum Gasteiger partial charge on any atom is -0.496 e. The average Bonchev–Trinajstić information content (AvgIpc) is 3.24. The summed E-state index contributed by atoms with van der Waals surface area (Å²) in [5.41, 5.74) is -1.97. The molecule has 1 atom stereocenters. The van der Waals surface area contributed by atoms with E-state index in [-0.39, 0.29) is 38.5 Å². The van der Waals surface area contributed by atoms with E-state index in [1.54, 1.807) is 31.5 Å². The molecule has 3 heterocycles. The van der Waals surface area contributed by atoms with Gasteiger partial charge in [0.05, 0.1) is 15.5 Å². The first kappa shape index (κ1) is 11.6. The Morgan fingerprint density at radius 3 is 2.96 bits per heavy atom. The first-order chi connectivity index (χ1) is 16.1. The third-order valence-corrected chi connectivity index (χ3v) is 6.39. The van der Waals surface area contributed by atoms with Crippen molar-refractivity contribution in [3.63, 3.8) is 0 Å². The lowest BCUT2D eigenvalue weighted by molar-refractivity contribution is -0.104. The first-order valence-electron chi connectivity index (χ1n) is 13.3. The van der Waals surface area contributed by atoms with Crippen molar-refractivity contribution in [1.82, 2.24) is 4.98 Å². The molecule has 2 fully saturated rings. The minimum absolute atomic E-state index is 0.0404. The van der Waals surface area contributed by atoms with Gasteiger partial charge in [-0.25, -0.2) is 0 Å². The van der Waals surface area contributed by atoms with Crippen molar-refractivity contribution < 1.29 is 20.4 Å². The van der Waals surface area contributed by atoms with Gasteiger partial charge in [-0.05, 0) is 68.5 Å². The highest BCUT2D eigenvalue weighted by atomic mass is 32.1. The molecule has 1 spiro atoms. The Morgan fingerprint density at radius 2 is 2.19 bits per heavy atom. The predicted octanol–water partition coefficient (Wildman–Crippen LogP) is 5.93. The van der Waals surface area contributed by atoms with E-state index in [0.29, 0.717) is 12.1 Å². The van der Waals surface area contributed by atoms with E-state index >= 15 is 0 Å². The lowest BCUT2D eigenvalue weighted by atomic mass is 9.67. The lowest BCUT2D eigenvalue weighted by Crippen LogP contribution is -2.46. The molecule has 146 valence electrons. The molecule has 1 aliphatic heterocycles. The van der Waals surface area contributed by atoms with E-state index in [1.165, 1.54) is 11.3 Å². The van der Waals surface area contributed by atoms with Crippen LogP contribution in [0.15, 0.2) is 35.8 Å². The summed E-state index contributed by atoms with van der Waals surface area (Å²) < 4.78 is 79.2. The van der Waals surface area contributed by atoms with Crippen LogP contribution < -0.4 is 4.74 Å². The standard InChI is InChI=1S/C23H31NO2S/c1-25-19-10-17-27-20(19)8-2-4-11-22(21-9-3-7-15-24-21)14-16-26-23(18-22)12-5-6-13-23/h3,7,9-10,15,17H,2,4-6,8,11-14,16,18H2,1H3/t22-/m1/s1/i4D2,5D2,6D2,16D2. The third-order valence-electron chi connectivity index (χ3n) is 5.43. The molecule has 0 unspecified atom stereocenters. The average molecular weight is 394 g/mol. The molecule has 1 saturated heterocycles. The Morgan fingerprint density at radius 1 is 1.30 bits per heavy atom. The van der Waals surface area contributed by atoms with Crippen LogP contribution in [-0.2, 0) is 16.6 Å². The highest BCUT2D eigenvalue weighted by Gasteiger charge is 2.48. The normalized spacial score (nSPS) is 34.9. The van der Waals surface area contributed by atoms with E-state index in [0.717, 1.165) is 10.6 Å². The van der Waals surface area contributed by atoms with E-state index in [1.807, 2.05) is 11.4 Å². The van der Waals surface area contributed by atoms with Crippen LogP contribution in [0.2, 0.25) is 0 Å². The summed E-state index contributed by atoms with van der Waals surface area (Å²) >= 11 is 1.50. The Hall–Kier alpha value is -1.39. The Bertz CT molecular complexity index is 1030. The smallest absolute Gasteiger partial charge is 0.132 e. The quantitative estimate of drug-likeness (QED) is 0.584. The fraction of sp³-hybridized carbons (Fsp3) is 0.609. The monoisotopic (exact) mass is 393 g/mol. The molecule has 0 aromatic carbocycles. The molecule has 2 aromatic rings. The molecule has 0 radical (unpaired) electrons. The van der Waals surface area contributed by atoms with E-state index < -0.39 is 36.7 Å². The SMILES string of the molecule is [2H]C([2H])(CCc1sccc1OC)C[C@@]1(c2ccccn2)CC([2H])([2H])OC2(CC([2H])([2H])C([2H])([2H])C2)C1. The van der Waals surface area contributed by atoms with Gasteiger partial charge in [0.25, 0.3) is 0 Å². The van der Waals surface area contributed by atoms with E-state index in [9.17, 15) is 0 Å². The van der Waals surface area contributed by atoms with Gasteiger partial charge in [0.2, 0.25) is 0 Å². The summed E-state index contributed by atoms with van der Waals surface area (Å²) in [6.45, 7) is -2.20. The number of pyridine rings is 1. The topological polar surface area (TPSA) is 31.4 Å². The van der Waals surface area contributed by atoms with Crippen molar-refractivity contribution in [2.75, 3.05) is 13.7 Å². The van der Waals surface area contributed by atoms with Crippen LogP contribution in [0.4, 0.5) is 0 Å². The van der Waals surface area contributed by atoms with Gasteiger partial charge in [-0.3, -0.25) is 4.98 Å². The predicted molar refractivity (Wildman–Crippen MR) is 111 cm³/mol. The first-order valence-corrected chi connectivity index (χ1v) is 10.2. The van der Waals surface area contributed by atoms with Crippen LogP contribution in [0.5, 0.6) is 5.75 Å². The summed E-state index contributed by atoms with van der Waals surface area (Å²) in [6, 6.07) is 7.13. The maximum absolute atomic E-state index is 8.90. The number of rotatable bonds is 7.